The molecule has 0 aromatic carbocycles. The normalized spacial score (nSPS) is 19.8. The van der Waals surface area contributed by atoms with Crippen LogP contribution in [0.2, 0.25) is 5.15 Å². The van der Waals surface area contributed by atoms with Crippen LogP contribution in [0.3, 0.4) is 0 Å². The Labute approximate surface area is 132 Å². The first-order valence-electron chi connectivity index (χ1n) is 7.75. The Hall–Kier alpha value is -1.13. The molecule has 1 aromatic rings. The highest BCUT2D eigenvalue weighted by Crippen LogP contribution is 2.17. The Balaban J connectivity index is 2.13. The number of likely N-dealkylation sites (N-methyl/N-ethyl adjacent to an activating group) is 1. The maximum atomic E-state index is 12.7. The summed E-state index contributed by atoms with van der Waals surface area (Å²) in [7, 11) is 0. The summed E-state index contributed by atoms with van der Waals surface area (Å²) in [6, 6.07) is 3.97. The van der Waals surface area contributed by atoms with Crippen LogP contribution in [-0.2, 0) is 6.42 Å². The highest BCUT2D eigenvalue weighted by atomic mass is 35.5. The van der Waals surface area contributed by atoms with Crippen LogP contribution in [0.4, 0.5) is 0 Å². The van der Waals surface area contributed by atoms with Crippen LogP contribution >= 0.6 is 11.6 Å². The van der Waals surface area contributed by atoms with Crippen molar-refractivity contribution in [2.75, 3.05) is 26.2 Å². The van der Waals surface area contributed by atoms with Crippen LogP contribution in [-0.4, -0.2) is 52.9 Å². The van der Waals surface area contributed by atoms with Gasteiger partial charge in [-0.15, -0.1) is 0 Å². The van der Waals surface area contributed by atoms with Crippen molar-refractivity contribution in [3.63, 3.8) is 0 Å². The third kappa shape index (κ3) is 3.95. The standard InChI is InChI=1S/C16H24ClN3O/c1-4-6-14-9-13(10-15(17)18-14)16(21)20-8-7-19(5-2)12(3)11-20/h9-10,12H,4-8,11H2,1-3H3. The van der Waals surface area contributed by atoms with Crippen LogP contribution in [0, 0.1) is 0 Å². The van der Waals surface area contributed by atoms with E-state index in [9.17, 15) is 4.79 Å². The Morgan fingerprint density at radius 2 is 2.14 bits per heavy atom. The van der Waals surface area contributed by atoms with Crippen molar-refractivity contribution in [1.82, 2.24) is 14.8 Å². The number of halogens is 1. The second-order valence-electron chi connectivity index (χ2n) is 5.65. The van der Waals surface area contributed by atoms with Crippen LogP contribution in [0.25, 0.3) is 0 Å². The van der Waals surface area contributed by atoms with Gasteiger partial charge in [0.1, 0.15) is 5.15 Å². The number of pyridine rings is 1. The maximum Gasteiger partial charge on any atom is 0.254 e. The Morgan fingerprint density at radius 1 is 1.38 bits per heavy atom. The van der Waals surface area contributed by atoms with Gasteiger partial charge in [0.15, 0.2) is 0 Å². The van der Waals surface area contributed by atoms with Crippen molar-refractivity contribution in [2.24, 2.45) is 0 Å². The lowest BCUT2D eigenvalue weighted by Gasteiger charge is -2.39. The number of nitrogens with zero attached hydrogens (tertiary/aromatic N) is 3. The molecule has 1 aliphatic rings. The topological polar surface area (TPSA) is 36.4 Å². The molecule has 0 spiro atoms. The lowest BCUT2D eigenvalue weighted by molar-refractivity contribution is 0.0528. The van der Waals surface area contributed by atoms with Gasteiger partial charge in [-0.1, -0.05) is 31.9 Å². The van der Waals surface area contributed by atoms with Gasteiger partial charge >= 0.3 is 0 Å². The summed E-state index contributed by atoms with van der Waals surface area (Å²) in [5, 5.41) is 0.407. The van der Waals surface area contributed by atoms with Gasteiger partial charge in [0.2, 0.25) is 0 Å². The molecule has 1 saturated heterocycles. The first kappa shape index (κ1) is 16.2. The van der Waals surface area contributed by atoms with Gasteiger partial charge in [-0.25, -0.2) is 4.98 Å². The quantitative estimate of drug-likeness (QED) is 0.803. The Morgan fingerprint density at radius 3 is 2.76 bits per heavy atom. The number of hydrogen-bond acceptors (Lipinski definition) is 3. The summed E-state index contributed by atoms with van der Waals surface area (Å²) in [6.07, 6.45) is 1.84. The lowest BCUT2D eigenvalue weighted by atomic mass is 10.1. The second kappa shape index (κ2) is 7.23. The van der Waals surface area contributed by atoms with Gasteiger partial charge in [-0.3, -0.25) is 9.69 Å². The zero-order valence-corrected chi connectivity index (χ0v) is 13.9. The fourth-order valence-corrected chi connectivity index (χ4v) is 3.12. The van der Waals surface area contributed by atoms with Gasteiger partial charge in [-0.2, -0.15) is 0 Å². The summed E-state index contributed by atoms with van der Waals surface area (Å²) in [5.41, 5.74) is 1.56. The predicted octanol–water partition coefficient (Wildman–Crippen LogP) is 2.85. The fraction of sp³-hybridized carbons (Fsp3) is 0.625. The Kier molecular flexibility index (Phi) is 5.59. The largest absolute Gasteiger partial charge is 0.336 e. The van der Waals surface area contributed by atoms with Crippen molar-refractivity contribution >= 4 is 17.5 Å². The molecule has 0 radical (unpaired) electrons. The van der Waals surface area contributed by atoms with Gasteiger partial charge in [0.25, 0.3) is 5.91 Å². The van der Waals surface area contributed by atoms with Crippen LogP contribution < -0.4 is 0 Å². The van der Waals surface area contributed by atoms with E-state index in [4.69, 9.17) is 11.6 Å². The highest BCUT2D eigenvalue weighted by molar-refractivity contribution is 6.29. The van der Waals surface area contributed by atoms with Crippen molar-refractivity contribution < 1.29 is 4.79 Å². The van der Waals surface area contributed by atoms with Gasteiger partial charge < -0.3 is 4.90 Å². The van der Waals surface area contributed by atoms with Crippen molar-refractivity contribution in [1.29, 1.82) is 0 Å². The molecule has 1 aromatic heterocycles. The van der Waals surface area contributed by atoms with Crippen LogP contribution in [0.5, 0.6) is 0 Å². The molecule has 21 heavy (non-hydrogen) atoms. The first-order valence-corrected chi connectivity index (χ1v) is 8.12. The number of hydrogen-bond donors (Lipinski definition) is 0. The number of carbonyl (C=O) groups is 1. The number of aryl methyl sites for hydroxylation is 1. The molecule has 0 N–H and O–H groups in total. The van der Waals surface area contributed by atoms with E-state index < -0.39 is 0 Å². The summed E-state index contributed by atoms with van der Waals surface area (Å²) in [6.45, 7) is 9.94. The molecule has 1 amide bonds. The number of amides is 1. The summed E-state index contributed by atoms with van der Waals surface area (Å²) < 4.78 is 0. The fourth-order valence-electron chi connectivity index (χ4n) is 2.89. The summed E-state index contributed by atoms with van der Waals surface area (Å²) in [4.78, 5) is 21.3. The molecular weight excluding hydrogens is 286 g/mol. The average Bonchev–Trinajstić information content (AvgIpc) is 2.46. The number of aromatic nitrogens is 1. The zero-order valence-electron chi connectivity index (χ0n) is 13.1. The van der Waals surface area contributed by atoms with Crippen LogP contribution in [0.15, 0.2) is 12.1 Å². The van der Waals surface area contributed by atoms with Crippen molar-refractivity contribution in [3.8, 4) is 0 Å². The Bertz CT molecular complexity index is 506. The molecule has 5 heteroatoms. The molecule has 0 saturated carbocycles. The number of carbonyl (C=O) groups excluding carboxylic acids is 1. The van der Waals surface area contributed by atoms with E-state index in [1.54, 1.807) is 6.07 Å². The van der Waals surface area contributed by atoms with E-state index >= 15 is 0 Å². The minimum atomic E-state index is 0.0688. The molecule has 1 unspecified atom stereocenters. The maximum absolute atomic E-state index is 12.7. The molecule has 2 rings (SSSR count). The smallest absolute Gasteiger partial charge is 0.254 e. The minimum Gasteiger partial charge on any atom is -0.336 e. The summed E-state index contributed by atoms with van der Waals surface area (Å²) >= 11 is 6.05. The number of rotatable bonds is 4. The molecule has 2 heterocycles. The third-order valence-electron chi connectivity index (χ3n) is 4.06. The minimum absolute atomic E-state index is 0.0688. The molecule has 4 nitrogen and oxygen atoms in total. The average molecular weight is 310 g/mol. The second-order valence-corrected chi connectivity index (χ2v) is 6.04. The van der Waals surface area contributed by atoms with E-state index in [2.05, 4.69) is 30.7 Å². The molecular formula is C16H24ClN3O. The zero-order chi connectivity index (χ0) is 15.4. The van der Waals surface area contributed by atoms with Crippen LogP contribution in [0.1, 0.15) is 43.2 Å². The first-order chi connectivity index (χ1) is 10.0. The summed E-state index contributed by atoms with van der Waals surface area (Å²) in [5.74, 6) is 0.0688. The highest BCUT2D eigenvalue weighted by Gasteiger charge is 2.26. The molecule has 1 fully saturated rings. The van der Waals surface area contributed by atoms with Crippen molar-refractivity contribution in [3.05, 3.63) is 28.5 Å². The van der Waals surface area contributed by atoms with E-state index in [0.717, 1.165) is 44.7 Å². The van der Waals surface area contributed by atoms with Gasteiger partial charge in [0.05, 0.1) is 0 Å². The van der Waals surface area contributed by atoms with Gasteiger partial charge in [0, 0.05) is 36.9 Å². The van der Waals surface area contributed by atoms with Crippen molar-refractivity contribution in [2.45, 2.75) is 39.7 Å². The molecule has 1 aliphatic heterocycles. The lowest BCUT2D eigenvalue weighted by Crippen LogP contribution is -2.53. The SMILES string of the molecule is CCCc1cc(C(=O)N2CCN(CC)C(C)C2)cc(Cl)n1. The van der Waals surface area contributed by atoms with E-state index in [1.807, 2.05) is 11.0 Å². The van der Waals surface area contributed by atoms with E-state index in [-0.39, 0.29) is 5.91 Å². The molecule has 0 bridgehead atoms. The predicted molar refractivity (Wildman–Crippen MR) is 85.9 cm³/mol. The third-order valence-corrected chi connectivity index (χ3v) is 4.25. The van der Waals surface area contributed by atoms with E-state index in [0.29, 0.717) is 16.8 Å². The molecule has 0 aliphatic carbocycles. The molecule has 1 atom stereocenters. The number of piperazine rings is 1. The van der Waals surface area contributed by atoms with E-state index in [1.165, 1.54) is 0 Å². The monoisotopic (exact) mass is 309 g/mol. The van der Waals surface area contributed by atoms with Gasteiger partial charge in [-0.05, 0) is 32.0 Å². The molecule has 116 valence electrons.